The number of aromatic nitrogens is 2. The van der Waals surface area contributed by atoms with E-state index >= 15 is 0 Å². The minimum Gasteiger partial charge on any atom is -0.508 e. The first-order valence-corrected chi connectivity index (χ1v) is 13.4. The Morgan fingerprint density at radius 3 is 2.62 bits per heavy atom. The molecule has 3 aromatic rings. The molecule has 1 aliphatic carbocycles. The molecule has 39 heavy (non-hydrogen) atoms. The van der Waals surface area contributed by atoms with E-state index in [9.17, 15) is 14.3 Å². The third kappa shape index (κ3) is 6.17. The summed E-state index contributed by atoms with van der Waals surface area (Å²) in [4.78, 5) is 23.3. The van der Waals surface area contributed by atoms with E-state index in [-0.39, 0.29) is 23.0 Å². The van der Waals surface area contributed by atoms with Gasteiger partial charge in [-0.3, -0.25) is 0 Å². The molecule has 2 aromatic carbocycles. The van der Waals surface area contributed by atoms with Crippen LogP contribution < -0.4 is 4.74 Å². The lowest BCUT2D eigenvalue weighted by Gasteiger charge is -2.24. The van der Waals surface area contributed by atoms with E-state index in [1.54, 1.807) is 41.6 Å². The zero-order chi connectivity index (χ0) is 27.7. The van der Waals surface area contributed by atoms with Gasteiger partial charge in [-0.1, -0.05) is 23.7 Å². The highest BCUT2D eigenvalue weighted by Gasteiger charge is 2.31. The number of phenolic OH excluding ortho intramolecular Hbond substituents is 1. The summed E-state index contributed by atoms with van der Waals surface area (Å²) in [6, 6.07) is 10.1. The van der Waals surface area contributed by atoms with Gasteiger partial charge in [0.25, 0.3) is 0 Å². The lowest BCUT2D eigenvalue weighted by molar-refractivity contribution is 0.0275. The summed E-state index contributed by atoms with van der Waals surface area (Å²) in [6.07, 6.45) is 5.62. The highest BCUT2D eigenvalue weighted by Crippen LogP contribution is 2.40. The molecule has 1 amide bonds. The quantitative estimate of drug-likeness (QED) is 0.390. The van der Waals surface area contributed by atoms with Crippen molar-refractivity contribution in [3.8, 4) is 11.5 Å². The number of phenols is 1. The first-order valence-electron chi connectivity index (χ1n) is 13.1. The summed E-state index contributed by atoms with van der Waals surface area (Å²) in [5.74, 6) is 0.672. The highest BCUT2D eigenvalue weighted by atomic mass is 35.5. The van der Waals surface area contributed by atoms with E-state index in [1.165, 1.54) is 6.07 Å². The number of aromatic hydroxyl groups is 1. The van der Waals surface area contributed by atoms with Crippen LogP contribution in [-0.2, 0) is 11.2 Å². The fraction of sp³-hybridized carbons (Fsp3) is 0.367. The van der Waals surface area contributed by atoms with E-state index < -0.39 is 11.4 Å². The van der Waals surface area contributed by atoms with Crippen molar-refractivity contribution in [1.29, 1.82) is 0 Å². The van der Waals surface area contributed by atoms with Crippen LogP contribution in [0.25, 0.3) is 11.1 Å². The Bertz CT molecular complexity index is 1420. The molecule has 0 spiro atoms. The summed E-state index contributed by atoms with van der Waals surface area (Å²) >= 11 is 5.96. The highest BCUT2D eigenvalue weighted by molar-refractivity contribution is 6.30. The smallest absolute Gasteiger partial charge is 0.410 e. The maximum atomic E-state index is 14.5. The minimum absolute atomic E-state index is 0.0646. The molecule has 0 saturated carbocycles. The normalized spacial score (nSPS) is 17.6. The van der Waals surface area contributed by atoms with E-state index in [4.69, 9.17) is 21.1 Å². The van der Waals surface area contributed by atoms with E-state index in [1.807, 2.05) is 26.8 Å². The van der Waals surface area contributed by atoms with Crippen molar-refractivity contribution in [3.05, 3.63) is 82.1 Å². The Morgan fingerprint density at radius 1 is 1.13 bits per heavy atom. The SMILES string of the molecule is CC(C)(C)OC(=O)N1CC[C@H](Oc2cnc(C3=C(c4ccc(Cl)c(F)c4)CCCc4cc(O)ccc43)nc2)C1. The van der Waals surface area contributed by atoms with E-state index in [0.29, 0.717) is 43.1 Å². The van der Waals surface area contributed by atoms with Gasteiger partial charge in [-0.2, -0.15) is 0 Å². The minimum atomic E-state index is -0.555. The number of hydrogen-bond acceptors (Lipinski definition) is 6. The fourth-order valence-electron chi connectivity index (χ4n) is 5.02. The lowest BCUT2D eigenvalue weighted by atomic mass is 9.92. The van der Waals surface area contributed by atoms with E-state index in [0.717, 1.165) is 35.1 Å². The number of aryl methyl sites for hydroxylation is 1. The first kappa shape index (κ1) is 26.9. The number of carbonyl (C=O) groups is 1. The molecule has 5 rings (SSSR count). The van der Waals surface area contributed by atoms with Crippen LogP contribution in [0.15, 0.2) is 48.8 Å². The van der Waals surface area contributed by atoms with Crippen LogP contribution in [-0.4, -0.2) is 50.9 Å². The molecule has 7 nitrogen and oxygen atoms in total. The number of allylic oxidation sites excluding steroid dienone is 1. The monoisotopic (exact) mass is 551 g/mol. The Morgan fingerprint density at radius 2 is 1.90 bits per heavy atom. The van der Waals surface area contributed by atoms with Crippen molar-refractivity contribution in [2.75, 3.05) is 13.1 Å². The summed E-state index contributed by atoms with van der Waals surface area (Å²) in [5, 5.41) is 10.2. The molecule has 1 saturated heterocycles. The third-order valence-electron chi connectivity index (χ3n) is 6.75. The van der Waals surface area contributed by atoms with Crippen molar-refractivity contribution >= 4 is 28.8 Å². The van der Waals surface area contributed by atoms with Crippen LogP contribution in [0.4, 0.5) is 9.18 Å². The van der Waals surface area contributed by atoms with Gasteiger partial charge in [0.2, 0.25) is 0 Å². The van der Waals surface area contributed by atoms with Gasteiger partial charge in [0, 0.05) is 18.5 Å². The first-order chi connectivity index (χ1) is 18.6. The third-order valence-corrected chi connectivity index (χ3v) is 7.06. The van der Waals surface area contributed by atoms with Gasteiger partial charge in [-0.05, 0) is 86.6 Å². The second-order valence-corrected chi connectivity index (χ2v) is 11.3. The van der Waals surface area contributed by atoms with Gasteiger partial charge >= 0.3 is 6.09 Å². The van der Waals surface area contributed by atoms with Crippen LogP contribution in [0.5, 0.6) is 11.5 Å². The van der Waals surface area contributed by atoms with Crippen LogP contribution in [0, 0.1) is 5.82 Å². The number of benzene rings is 2. The Labute approximate surface area is 232 Å². The maximum Gasteiger partial charge on any atom is 0.410 e. The number of rotatable bonds is 4. The van der Waals surface area contributed by atoms with Crippen molar-refractivity contribution in [2.24, 2.45) is 0 Å². The molecule has 2 aliphatic rings. The average molecular weight is 552 g/mol. The molecular weight excluding hydrogens is 521 g/mol. The Kier molecular flexibility index (Phi) is 7.49. The predicted molar refractivity (Wildman–Crippen MR) is 147 cm³/mol. The van der Waals surface area contributed by atoms with Crippen molar-refractivity contribution in [2.45, 2.75) is 58.2 Å². The number of hydrogen-bond donors (Lipinski definition) is 1. The van der Waals surface area contributed by atoms with Crippen LogP contribution in [0.3, 0.4) is 0 Å². The summed E-state index contributed by atoms with van der Waals surface area (Å²) in [6.45, 7) is 6.50. The van der Waals surface area contributed by atoms with Crippen molar-refractivity contribution in [1.82, 2.24) is 14.9 Å². The molecule has 1 atom stereocenters. The molecule has 9 heteroatoms. The second kappa shape index (κ2) is 10.8. The predicted octanol–water partition coefficient (Wildman–Crippen LogP) is 6.66. The second-order valence-electron chi connectivity index (χ2n) is 10.9. The summed E-state index contributed by atoms with van der Waals surface area (Å²) in [5.41, 5.74) is 3.73. The van der Waals surface area contributed by atoms with Crippen LogP contribution in [0.2, 0.25) is 5.02 Å². The Balaban J connectivity index is 1.43. The Hall–Kier alpha value is -3.65. The van der Waals surface area contributed by atoms with Gasteiger partial charge in [0.15, 0.2) is 11.6 Å². The molecule has 0 radical (unpaired) electrons. The van der Waals surface area contributed by atoms with Crippen LogP contribution in [0.1, 0.15) is 62.5 Å². The number of carbonyl (C=O) groups excluding carboxylic acids is 1. The number of nitrogens with zero attached hydrogens (tertiary/aromatic N) is 3. The largest absolute Gasteiger partial charge is 0.508 e. The fourth-order valence-corrected chi connectivity index (χ4v) is 5.13. The molecular formula is C30H31ClFN3O4. The zero-order valence-electron chi connectivity index (χ0n) is 22.2. The number of ether oxygens (including phenoxy) is 2. The van der Waals surface area contributed by atoms with Crippen molar-refractivity contribution < 1.29 is 23.8 Å². The molecule has 204 valence electrons. The molecule has 1 aromatic heterocycles. The number of likely N-dealkylation sites (tertiary alicyclic amines) is 1. The summed E-state index contributed by atoms with van der Waals surface area (Å²) < 4.78 is 26.0. The number of fused-ring (bicyclic) bond motifs is 1. The van der Waals surface area contributed by atoms with Crippen LogP contribution >= 0.6 is 11.6 Å². The van der Waals surface area contributed by atoms with Gasteiger partial charge in [-0.15, -0.1) is 0 Å². The molecule has 1 fully saturated rings. The van der Waals surface area contributed by atoms with Gasteiger partial charge < -0.3 is 19.5 Å². The van der Waals surface area contributed by atoms with Gasteiger partial charge in [0.05, 0.1) is 24.0 Å². The standard InChI is InChI=1S/C30H31ClFN3O4/c1-30(2,3)39-29(37)35-12-11-21(17-35)38-22-15-33-28(34-16-22)27-23(19-7-10-25(31)26(32)14-19)6-4-5-18-13-20(36)8-9-24(18)27/h7-10,13-16,21,36H,4-6,11-12,17H2,1-3H3/t21-/m0/s1. The van der Waals surface area contributed by atoms with Crippen molar-refractivity contribution in [3.63, 3.8) is 0 Å². The lowest BCUT2D eigenvalue weighted by Crippen LogP contribution is -2.36. The molecule has 0 unspecified atom stereocenters. The number of amides is 1. The molecule has 1 N–H and O–H groups in total. The maximum absolute atomic E-state index is 14.5. The van der Waals surface area contributed by atoms with Gasteiger partial charge in [0.1, 0.15) is 23.3 Å². The van der Waals surface area contributed by atoms with E-state index in [2.05, 4.69) is 9.97 Å². The molecule has 1 aliphatic heterocycles. The number of halogens is 2. The molecule has 0 bridgehead atoms. The summed E-state index contributed by atoms with van der Waals surface area (Å²) in [7, 11) is 0. The average Bonchev–Trinajstić information content (AvgIpc) is 3.26. The van der Waals surface area contributed by atoms with Gasteiger partial charge in [-0.25, -0.2) is 19.2 Å². The zero-order valence-corrected chi connectivity index (χ0v) is 23.0. The molecule has 2 heterocycles. The topological polar surface area (TPSA) is 84.8 Å².